The number of rotatable bonds is 1. The molecular formula is C10H15N3O. The molecule has 0 aromatic carbocycles. The zero-order valence-electron chi connectivity index (χ0n) is 10.2. The molecule has 1 aliphatic heterocycles. The predicted octanol–water partition coefficient (Wildman–Crippen LogP) is 1.15. The monoisotopic (exact) mass is 195 g/mol. The van der Waals surface area contributed by atoms with Crippen LogP contribution in [-0.4, -0.2) is 22.8 Å². The zero-order chi connectivity index (χ0) is 11.7. The van der Waals surface area contributed by atoms with Gasteiger partial charge in [0, 0.05) is 18.6 Å². The van der Waals surface area contributed by atoms with Gasteiger partial charge in [-0.3, -0.25) is 4.79 Å². The molecule has 1 fully saturated rings. The van der Waals surface area contributed by atoms with Crippen LogP contribution < -0.4 is 10.5 Å². The van der Waals surface area contributed by atoms with Gasteiger partial charge in [-0.2, -0.15) is 5.10 Å². The Hall–Kier alpha value is -1.32. The topological polar surface area (TPSA) is 49.0 Å². The molecular weight excluding hydrogens is 178 g/mol. The summed E-state index contributed by atoms with van der Waals surface area (Å²) in [6, 6.07) is -0.0593. The van der Waals surface area contributed by atoms with Gasteiger partial charge in [0.25, 0.3) is 5.56 Å². The van der Waals surface area contributed by atoms with Crippen LogP contribution in [0.1, 0.15) is 28.9 Å². The van der Waals surface area contributed by atoms with Crippen molar-refractivity contribution in [2.45, 2.75) is 32.2 Å². The molecule has 1 aliphatic rings. The number of anilines is 1. The number of nitrogens with one attached hydrogen (secondary N) is 1. The van der Waals surface area contributed by atoms with Crippen LogP contribution in [0.25, 0.3) is 0 Å². The number of piperidine rings is 1. The van der Waals surface area contributed by atoms with Gasteiger partial charge in [0.15, 0.2) is 0 Å². The summed E-state index contributed by atoms with van der Waals surface area (Å²) < 4.78 is 15.2. The van der Waals surface area contributed by atoms with E-state index in [4.69, 9.17) is 2.74 Å². The van der Waals surface area contributed by atoms with Gasteiger partial charge >= 0.3 is 0 Å². The van der Waals surface area contributed by atoms with Gasteiger partial charge in [-0.1, -0.05) is 0 Å². The predicted molar refractivity (Wildman–Crippen MR) is 55.5 cm³/mol. The molecule has 0 radical (unpaired) electrons. The third-order valence-corrected chi connectivity index (χ3v) is 2.63. The van der Waals surface area contributed by atoms with Gasteiger partial charge < -0.3 is 4.90 Å². The van der Waals surface area contributed by atoms with Crippen molar-refractivity contribution < 1.29 is 2.74 Å². The Morgan fingerprint density at radius 1 is 1.64 bits per heavy atom. The first-order chi connectivity index (χ1) is 7.61. The van der Waals surface area contributed by atoms with Crippen molar-refractivity contribution in [3.05, 3.63) is 22.4 Å². The summed E-state index contributed by atoms with van der Waals surface area (Å²) in [6.45, 7) is 2.92. The Kier molecular flexibility index (Phi) is 1.92. The Morgan fingerprint density at radius 2 is 2.50 bits per heavy atom. The second-order valence-electron chi connectivity index (χ2n) is 3.66. The van der Waals surface area contributed by atoms with E-state index in [1.807, 2.05) is 4.90 Å². The normalized spacial score (nSPS) is 24.4. The Morgan fingerprint density at radius 3 is 3.29 bits per heavy atom. The average Bonchev–Trinajstić information content (AvgIpc) is 2.28. The smallest absolute Gasteiger partial charge is 0.264 e. The van der Waals surface area contributed by atoms with Gasteiger partial charge in [0.05, 0.1) is 2.74 Å². The molecule has 76 valence electrons. The van der Waals surface area contributed by atoms with Crippen LogP contribution in [0.4, 0.5) is 5.82 Å². The summed E-state index contributed by atoms with van der Waals surface area (Å²) in [4.78, 5) is 13.1. The van der Waals surface area contributed by atoms with Crippen molar-refractivity contribution in [1.82, 2.24) is 10.2 Å². The van der Waals surface area contributed by atoms with Crippen molar-refractivity contribution in [1.29, 1.82) is 0 Å². The van der Waals surface area contributed by atoms with E-state index < -0.39 is 5.56 Å². The van der Waals surface area contributed by atoms with Crippen LogP contribution in [-0.2, 0) is 0 Å². The van der Waals surface area contributed by atoms with E-state index in [0.717, 1.165) is 19.4 Å². The summed E-state index contributed by atoms with van der Waals surface area (Å²) >= 11 is 0. The van der Waals surface area contributed by atoms with Gasteiger partial charge in [0.1, 0.15) is 5.82 Å². The molecule has 4 nitrogen and oxygen atoms in total. The van der Waals surface area contributed by atoms with E-state index in [0.29, 0.717) is 11.9 Å². The molecule has 14 heavy (non-hydrogen) atoms. The van der Waals surface area contributed by atoms with Crippen LogP contribution >= 0.6 is 0 Å². The third kappa shape index (κ3) is 1.78. The van der Waals surface area contributed by atoms with Crippen LogP contribution in [0.15, 0.2) is 16.9 Å². The summed E-state index contributed by atoms with van der Waals surface area (Å²) in [5.74, 6) is 0.428. The number of hydrogen-bond acceptors (Lipinski definition) is 3. The minimum atomic E-state index is -0.599. The SMILES string of the molecule is [2H]c1c(N2CCCCC2C)n[nH]c(=O)c1[2H]. The molecule has 1 N–H and O–H groups in total. The number of aromatic nitrogens is 2. The minimum Gasteiger partial charge on any atom is -0.352 e. The Labute approximate surface area is 85.8 Å². The second-order valence-corrected chi connectivity index (χ2v) is 3.66. The molecule has 1 unspecified atom stereocenters. The number of nitrogens with zero attached hydrogens (tertiary/aromatic N) is 2. The lowest BCUT2D eigenvalue weighted by Gasteiger charge is -2.33. The van der Waals surface area contributed by atoms with E-state index in [1.165, 1.54) is 6.42 Å². The van der Waals surface area contributed by atoms with Gasteiger partial charge in [-0.15, -0.1) is 0 Å². The largest absolute Gasteiger partial charge is 0.352 e. The quantitative estimate of drug-likeness (QED) is 0.731. The van der Waals surface area contributed by atoms with Crippen molar-refractivity contribution >= 4 is 5.82 Å². The molecule has 2 rings (SSSR count). The van der Waals surface area contributed by atoms with Gasteiger partial charge in [-0.05, 0) is 32.2 Å². The summed E-state index contributed by atoms with van der Waals surface area (Å²) in [7, 11) is 0. The van der Waals surface area contributed by atoms with Crippen molar-refractivity contribution in [2.75, 3.05) is 11.4 Å². The first-order valence-corrected chi connectivity index (χ1v) is 4.93. The highest BCUT2D eigenvalue weighted by Gasteiger charge is 2.19. The van der Waals surface area contributed by atoms with Gasteiger partial charge in [-0.25, -0.2) is 5.10 Å². The highest BCUT2D eigenvalue weighted by atomic mass is 16.1. The fourth-order valence-electron chi connectivity index (χ4n) is 1.82. The van der Waals surface area contributed by atoms with Gasteiger partial charge in [0.2, 0.25) is 0 Å². The van der Waals surface area contributed by atoms with E-state index in [-0.39, 0.29) is 12.1 Å². The fourth-order valence-corrected chi connectivity index (χ4v) is 1.82. The lowest BCUT2D eigenvalue weighted by Crippen LogP contribution is -2.38. The summed E-state index contributed by atoms with van der Waals surface area (Å²) in [5.41, 5.74) is -0.599. The zero-order valence-corrected chi connectivity index (χ0v) is 8.21. The molecule has 0 saturated carbocycles. The van der Waals surface area contributed by atoms with E-state index in [9.17, 15) is 4.79 Å². The summed E-state index contributed by atoms with van der Waals surface area (Å²) in [6.07, 6.45) is 3.31. The molecule has 0 amide bonds. The molecule has 1 aromatic heterocycles. The number of aromatic amines is 1. The Bertz CT molecular complexity index is 446. The van der Waals surface area contributed by atoms with Crippen LogP contribution in [0.2, 0.25) is 0 Å². The molecule has 2 heterocycles. The van der Waals surface area contributed by atoms with E-state index in [1.54, 1.807) is 0 Å². The Balaban J connectivity index is 2.40. The molecule has 4 heteroatoms. The highest BCUT2D eigenvalue weighted by molar-refractivity contribution is 5.38. The number of hydrogen-bond donors (Lipinski definition) is 1. The molecule has 1 saturated heterocycles. The second kappa shape index (κ2) is 3.82. The molecule has 0 spiro atoms. The maximum atomic E-state index is 11.1. The van der Waals surface area contributed by atoms with E-state index in [2.05, 4.69) is 17.1 Å². The average molecular weight is 195 g/mol. The van der Waals surface area contributed by atoms with Crippen LogP contribution in [0, 0.1) is 0 Å². The third-order valence-electron chi connectivity index (χ3n) is 2.63. The van der Waals surface area contributed by atoms with E-state index >= 15 is 0 Å². The lowest BCUT2D eigenvalue weighted by atomic mass is 10.0. The van der Waals surface area contributed by atoms with Crippen LogP contribution in [0.3, 0.4) is 0 Å². The molecule has 1 aromatic rings. The standard InChI is InChI=1S/C10H15N3O/c1-8-4-2-3-7-13(8)9-5-6-10(14)12-11-9/h5-6,8H,2-4,7H2,1H3,(H,12,14)/i5D,6D. The highest BCUT2D eigenvalue weighted by Crippen LogP contribution is 2.21. The lowest BCUT2D eigenvalue weighted by molar-refractivity contribution is 0.479. The fraction of sp³-hybridized carbons (Fsp3) is 0.600. The van der Waals surface area contributed by atoms with Crippen molar-refractivity contribution in [3.8, 4) is 0 Å². The minimum absolute atomic E-state index is 0.0718. The maximum absolute atomic E-state index is 11.1. The molecule has 0 bridgehead atoms. The molecule has 0 aliphatic carbocycles. The maximum Gasteiger partial charge on any atom is 0.264 e. The van der Waals surface area contributed by atoms with Crippen molar-refractivity contribution in [3.63, 3.8) is 0 Å². The van der Waals surface area contributed by atoms with Crippen molar-refractivity contribution in [2.24, 2.45) is 0 Å². The molecule has 1 atom stereocenters. The first kappa shape index (κ1) is 7.04. The summed E-state index contributed by atoms with van der Waals surface area (Å²) in [5, 5.41) is 6.17. The first-order valence-electron chi connectivity index (χ1n) is 5.93. The van der Waals surface area contributed by atoms with Crippen LogP contribution in [0.5, 0.6) is 0 Å². The number of H-pyrrole nitrogens is 1.